The molecule has 4 nitrogen and oxygen atoms in total. The number of nitrogens with zero attached hydrogens (tertiary/aromatic N) is 2. The molecule has 0 bridgehead atoms. The van der Waals surface area contributed by atoms with Crippen molar-refractivity contribution in [3.8, 4) is 0 Å². The molecule has 2 amide bonds. The number of amides is 2. The lowest BCUT2D eigenvalue weighted by atomic mass is 10.1. The van der Waals surface area contributed by atoms with Gasteiger partial charge in [0.15, 0.2) is 0 Å². The summed E-state index contributed by atoms with van der Waals surface area (Å²) in [6.07, 6.45) is 2.44. The smallest absolute Gasteiger partial charge is 0.228 e. The number of carbonyl (C=O) groups is 2. The van der Waals surface area contributed by atoms with E-state index >= 15 is 0 Å². The monoisotopic (exact) mass is 302 g/mol. The maximum absolute atomic E-state index is 12.7. The first-order valence-corrected chi connectivity index (χ1v) is 8.26. The summed E-state index contributed by atoms with van der Waals surface area (Å²) in [6.45, 7) is 6.77. The van der Waals surface area contributed by atoms with E-state index in [0.717, 1.165) is 24.9 Å². The predicted octanol–water partition coefficient (Wildman–Crippen LogP) is 2.68. The molecular formula is C18H26N2O2. The van der Waals surface area contributed by atoms with Crippen molar-refractivity contribution in [1.29, 1.82) is 0 Å². The van der Waals surface area contributed by atoms with Crippen molar-refractivity contribution in [2.24, 2.45) is 5.92 Å². The molecule has 1 heterocycles. The molecule has 4 heteroatoms. The van der Waals surface area contributed by atoms with E-state index < -0.39 is 0 Å². The number of hydrogen-bond acceptors (Lipinski definition) is 2. The van der Waals surface area contributed by atoms with Gasteiger partial charge in [0.25, 0.3) is 0 Å². The first kappa shape index (κ1) is 16.5. The van der Waals surface area contributed by atoms with Crippen LogP contribution in [0.5, 0.6) is 0 Å². The molecule has 0 N–H and O–H groups in total. The number of carbonyl (C=O) groups excluding carboxylic acids is 2. The van der Waals surface area contributed by atoms with Crippen molar-refractivity contribution >= 4 is 11.8 Å². The fourth-order valence-corrected chi connectivity index (χ4v) is 2.91. The van der Waals surface area contributed by atoms with Crippen LogP contribution in [0.4, 0.5) is 0 Å². The Kier molecular flexibility index (Phi) is 5.99. The van der Waals surface area contributed by atoms with Crippen LogP contribution in [0.15, 0.2) is 30.3 Å². The molecule has 0 saturated carbocycles. The average Bonchev–Trinajstić information content (AvgIpc) is 2.92. The van der Waals surface area contributed by atoms with Crippen LogP contribution in [0.1, 0.15) is 38.7 Å². The molecule has 1 aliphatic heterocycles. The zero-order valence-electron chi connectivity index (χ0n) is 13.6. The highest BCUT2D eigenvalue weighted by Gasteiger charge is 2.35. The SMILES string of the molecule is CCCCN1C[C@@H](C(=O)N(CC)Cc2ccccc2)CC1=O. The molecule has 2 rings (SSSR count). The normalized spacial score (nSPS) is 17.8. The van der Waals surface area contributed by atoms with Gasteiger partial charge in [-0.15, -0.1) is 0 Å². The van der Waals surface area contributed by atoms with Gasteiger partial charge in [0.05, 0.1) is 5.92 Å². The Bertz CT molecular complexity index is 501. The summed E-state index contributed by atoms with van der Waals surface area (Å²) in [5.41, 5.74) is 1.13. The van der Waals surface area contributed by atoms with E-state index in [0.29, 0.717) is 26.1 Å². The number of unbranched alkanes of at least 4 members (excludes halogenated alkanes) is 1. The minimum atomic E-state index is -0.173. The fourth-order valence-electron chi connectivity index (χ4n) is 2.91. The summed E-state index contributed by atoms with van der Waals surface area (Å²) in [5.74, 6) is 0.0642. The van der Waals surface area contributed by atoms with Crippen LogP contribution < -0.4 is 0 Å². The van der Waals surface area contributed by atoms with E-state index in [9.17, 15) is 9.59 Å². The van der Waals surface area contributed by atoms with Crippen molar-refractivity contribution in [2.45, 2.75) is 39.7 Å². The highest BCUT2D eigenvalue weighted by atomic mass is 16.2. The van der Waals surface area contributed by atoms with Gasteiger partial charge in [-0.05, 0) is 18.9 Å². The first-order chi connectivity index (χ1) is 10.7. The topological polar surface area (TPSA) is 40.6 Å². The van der Waals surface area contributed by atoms with Gasteiger partial charge in [-0.3, -0.25) is 9.59 Å². The Hall–Kier alpha value is -1.84. The zero-order valence-corrected chi connectivity index (χ0v) is 13.6. The van der Waals surface area contributed by atoms with Gasteiger partial charge >= 0.3 is 0 Å². The Morgan fingerprint density at radius 1 is 1.27 bits per heavy atom. The molecule has 1 fully saturated rings. The van der Waals surface area contributed by atoms with E-state index in [-0.39, 0.29) is 17.7 Å². The van der Waals surface area contributed by atoms with E-state index in [1.165, 1.54) is 0 Å². The van der Waals surface area contributed by atoms with Crippen LogP contribution in [-0.2, 0) is 16.1 Å². The molecule has 0 spiro atoms. The number of likely N-dealkylation sites (tertiary alicyclic amines) is 1. The largest absolute Gasteiger partial charge is 0.342 e. The van der Waals surface area contributed by atoms with Crippen molar-refractivity contribution < 1.29 is 9.59 Å². The standard InChI is InChI=1S/C18H26N2O2/c1-3-5-11-20-14-16(12-17(20)21)18(22)19(4-2)13-15-9-7-6-8-10-15/h6-10,16H,3-5,11-14H2,1-2H3/t16-/m0/s1. The maximum atomic E-state index is 12.7. The average molecular weight is 302 g/mol. The van der Waals surface area contributed by atoms with Gasteiger partial charge < -0.3 is 9.80 Å². The van der Waals surface area contributed by atoms with E-state index in [2.05, 4.69) is 6.92 Å². The zero-order chi connectivity index (χ0) is 15.9. The summed E-state index contributed by atoms with van der Waals surface area (Å²) >= 11 is 0. The Morgan fingerprint density at radius 2 is 2.00 bits per heavy atom. The molecule has 1 atom stereocenters. The highest BCUT2D eigenvalue weighted by Crippen LogP contribution is 2.21. The molecule has 0 aromatic heterocycles. The summed E-state index contributed by atoms with van der Waals surface area (Å²) in [4.78, 5) is 28.4. The van der Waals surface area contributed by atoms with Gasteiger partial charge in [-0.1, -0.05) is 43.7 Å². The van der Waals surface area contributed by atoms with Gasteiger partial charge in [0.2, 0.25) is 11.8 Å². The lowest BCUT2D eigenvalue weighted by Crippen LogP contribution is -2.37. The van der Waals surface area contributed by atoms with Gasteiger partial charge in [-0.25, -0.2) is 0 Å². The summed E-state index contributed by atoms with van der Waals surface area (Å²) in [7, 11) is 0. The third kappa shape index (κ3) is 4.09. The second-order valence-corrected chi connectivity index (χ2v) is 5.93. The lowest BCUT2D eigenvalue weighted by Gasteiger charge is -2.24. The molecule has 1 aromatic rings. The molecule has 0 radical (unpaired) electrons. The Labute approximate surface area is 133 Å². The molecule has 120 valence electrons. The van der Waals surface area contributed by atoms with Crippen molar-refractivity contribution in [3.05, 3.63) is 35.9 Å². The Morgan fingerprint density at radius 3 is 2.64 bits per heavy atom. The van der Waals surface area contributed by atoms with Crippen LogP contribution in [0.3, 0.4) is 0 Å². The number of hydrogen-bond donors (Lipinski definition) is 0. The molecular weight excluding hydrogens is 276 g/mol. The van der Waals surface area contributed by atoms with Gasteiger partial charge in [0.1, 0.15) is 0 Å². The molecule has 0 unspecified atom stereocenters. The lowest BCUT2D eigenvalue weighted by molar-refractivity contribution is -0.136. The second-order valence-electron chi connectivity index (χ2n) is 5.93. The van der Waals surface area contributed by atoms with Crippen LogP contribution in [-0.4, -0.2) is 41.2 Å². The fraction of sp³-hybridized carbons (Fsp3) is 0.556. The number of benzene rings is 1. The van der Waals surface area contributed by atoms with Crippen molar-refractivity contribution in [3.63, 3.8) is 0 Å². The first-order valence-electron chi connectivity index (χ1n) is 8.26. The molecule has 22 heavy (non-hydrogen) atoms. The minimum absolute atomic E-state index is 0.110. The van der Waals surface area contributed by atoms with Crippen LogP contribution >= 0.6 is 0 Å². The second kappa shape index (κ2) is 7.97. The van der Waals surface area contributed by atoms with Crippen LogP contribution in [0, 0.1) is 5.92 Å². The maximum Gasteiger partial charge on any atom is 0.228 e. The van der Waals surface area contributed by atoms with Crippen molar-refractivity contribution in [1.82, 2.24) is 9.80 Å². The summed E-state index contributed by atoms with van der Waals surface area (Å²) in [6, 6.07) is 10.0. The van der Waals surface area contributed by atoms with Gasteiger partial charge in [-0.2, -0.15) is 0 Å². The van der Waals surface area contributed by atoms with E-state index in [1.54, 1.807) is 0 Å². The predicted molar refractivity (Wildman–Crippen MR) is 87.1 cm³/mol. The molecule has 0 aliphatic carbocycles. The molecule has 1 saturated heterocycles. The Balaban J connectivity index is 1.96. The number of rotatable bonds is 7. The third-order valence-electron chi connectivity index (χ3n) is 4.25. The van der Waals surface area contributed by atoms with Gasteiger partial charge in [0, 0.05) is 32.6 Å². The van der Waals surface area contributed by atoms with Crippen LogP contribution in [0.25, 0.3) is 0 Å². The molecule has 1 aromatic carbocycles. The van der Waals surface area contributed by atoms with E-state index in [1.807, 2.05) is 47.1 Å². The third-order valence-corrected chi connectivity index (χ3v) is 4.25. The van der Waals surface area contributed by atoms with Crippen LogP contribution in [0.2, 0.25) is 0 Å². The summed E-state index contributed by atoms with van der Waals surface area (Å²) in [5, 5.41) is 0. The minimum Gasteiger partial charge on any atom is -0.342 e. The highest BCUT2D eigenvalue weighted by molar-refractivity contribution is 5.89. The van der Waals surface area contributed by atoms with Crippen molar-refractivity contribution in [2.75, 3.05) is 19.6 Å². The quantitative estimate of drug-likeness (QED) is 0.777. The molecule has 1 aliphatic rings. The van der Waals surface area contributed by atoms with E-state index in [4.69, 9.17) is 0 Å². The summed E-state index contributed by atoms with van der Waals surface area (Å²) < 4.78 is 0.